The fraction of sp³-hybridized carbons (Fsp3) is 0.364. The number of hydrogen-bond donors (Lipinski definition) is 2. The van der Waals surface area contributed by atoms with Gasteiger partial charge in [-0.05, 0) is 42.5 Å². The zero-order valence-corrected chi connectivity index (χ0v) is 15.0. The Balaban J connectivity index is 1.44. The minimum Gasteiger partial charge on any atom is -0.352 e. The second kappa shape index (κ2) is 7.73. The van der Waals surface area contributed by atoms with E-state index in [4.69, 9.17) is 0 Å². The molecule has 0 radical (unpaired) electrons. The highest BCUT2D eigenvalue weighted by molar-refractivity contribution is 5.97. The molecule has 1 amide bonds. The van der Waals surface area contributed by atoms with Crippen molar-refractivity contribution in [2.24, 2.45) is 5.92 Å². The lowest BCUT2D eigenvalue weighted by molar-refractivity contribution is 0.0943. The van der Waals surface area contributed by atoms with E-state index in [1.165, 1.54) is 37.7 Å². The molecule has 0 spiro atoms. The first-order valence-corrected chi connectivity index (χ1v) is 9.59. The minimum atomic E-state index is 0.00471. The average molecular weight is 347 g/mol. The highest BCUT2D eigenvalue weighted by atomic mass is 16.1. The molecule has 1 aliphatic rings. The van der Waals surface area contributed by atoms with Gasteiger partial charge in [-0.2, -0.15) is 0 Å². The first kappa shape index (κ1) is 16.8. The van der Waals surface area contributed by atoms with E-state index in [2.05, 4.69) is 27.4 Å². The van der Waals surface area contributed by atoms with Crippen LogP contribution in [0.3, 0.4) is 0 Å². The predicted molar refractivity (Wildman–Crippen MR) is 104 cm³/mol. The number of nitrogens with one attached hydrogen (secondary N) is 2. The molecular weight excluding hydrogens is 322 g/mol. The molecule has 0 aliphatic heterocycles. The molecule has 0 bridgehead atoms. The van der Waals surface area contributed by atoms with Crippen LogP contribution in [-0.4, -0.2) is 22.4 Å². The third-order valence-corrected chi connectivity index (χ3v) is 5.28. The fourth-order valence-corrected chi connectivity index (χ4v) is 3.80. The van der Waals surface area contributed by atoms with Crippen molar-refractivity contribution in [1.29, 1.82) is 0 Å². The van der Waals surface area contributed by atoms with E-state index < -0.39 is 0 Å². The van der Waals surface area contributed by atoms with Crippen LogP contribution in [0.4, 0.5) is 0 Å². The van der Waals surface area contributed by atoms with Crippen molar-refractivity contribution in [3.05, 3.63) is 65.5 Å². The molecule has 134 valence electrons. The van der Waals surface area contributed by atoms with E-state index in [0.717, 1.165) is 29.8 Å². The van der Waals surface area contributed by atoms with Crippen LogP contribution in [0.15, 0.2) is 48.5 Å². The Kier molecular flexibility index (Phi) is 5.00. The molecule has 4 nitrogen and oxygen atoms in total. The molecule has 2 aromatic carbocycles. The Labute approximate surface area is 154 Å². The van der Waals surface area contributed by atoms with Crippen LogP contribution in [0.2, 0.25) is 0 Å². The first-order chi connectivity index (χ1) is 12.8. The van der Waals surface area contributed by atoms with E-state index in [1.807, 2.05) is 36.4 Å². The highest BCUT2D eigenvalue weighted by Crippen LogP contribution is 2.23. The summed E-state index contributed by atoms with van der Waals surface area (Å²) >= 11 is 0. The third-order valence-electron chi connectivity index (χ3n) is 5.28. The number of aromatic amines is 1. The molecule has 2 N–H and O–H groups in total. The maximum atomic E-state index is 12.5. The maximum absolute atomic E-state index is 12.5. The molecule has 4 heteroatoms. The number of nitrogens with zero attached hydrogens (tertiary/aromatic N) is 1. The summed E-state index contributed by atoms with van der Waals surface area (Å²) in [7, 11) is 0. The summed E-state index contributed by atoms with van der Waals surface area (Å²) in [5.41, 5.74) is 3.73. The monoisotopic (exact) mass is 347 g/mol. The number of amides is 1. The van der Waals surface area contributed by atoms with Crippen LogP contribution in [0.25, 0.3) is 11.0 Å². The highest BCUT2D eigenvalue weighted by Gasteiger charge is 2.15. The van der Waals surface area contributed by atoms with Gasteiger partial charge in [-0.25, -0.2) is 4.98 Å². The molecule has 0 atom stereocenters. The largest absolute Gasteiger partial charge is 0.352 e. The zero-order chi connectivity index (χ0) is 17.8. The van der Waals surface area contributed by atoms with E-state index in [-0.39, 0.29) is 5.91 Å². The second-order valence-electron chi connectivity index (χ2n) is 7.29. The van der Waals surface area contributed by atoms with Gasteiger partial charge in [0.2, 0.25) is 0 Å². The van der Waals surface area contributed by atoms with Gasteiger partial charge in [0.15, 0.2) is 0 Å². The standard InChI is InChI=1S/C22H25N3O/c26-22(23-15-17-9-5-2-6-10-17)18-11-12-19-20(14-18)25-21(24-19)13-16-7-3-1-4-8-16/h1,3-4,7-8,11-12,14,17H,2,5-6,9-10,13,15H2,(H,23,26)(H,24,25). The number of carbonyl (C=O) groups is 1. The van der Waals surface area contributed by atoms with Gasteiger partial charge in [0.1, 0.15) is 5.82 Å². The summed E-state index contributed by atoms with van der Waals surface area (Å²) in [4.78, 5) is 20.5. The number of carbonyl (C=O) groups excluding carboxylic acids is 1. The van der Waals surface area contributed by atoms with Crippen LogP contribution in [0.5, 0.6) is 0 Å². The van der Waals surface area contributed by atoms with Gasteiger partial charge >= 0.3 is 0 Å². The summed E-state index contributed by atoms with van der Waals surface area (Å²) < 4.78 is 0. The van der Waals surface area contributed by atoms with Crippen molar-refractivity contribution < 1.29 is 4.79 Å². The van der Waals surface area contributed by atoms with Gasteiger partial charge < -0.3 is 10.3 Å². The summed E-state index contributed by atoms with van der Waals surface area (Å²) in [5.74, 6) is 1.57. The van der Waals surface area contributed by atoms with E-state index >= 15 is 0 Å². The van der Waals surface area contributed by atoms with E-state index in [0.29, 0.717) is 11.5 Å². The molecule has 1 saturated carbocycles. The number of imidazole rings is 1. The van der Waals surface area contributed by atoms with Crippen molar-refractivity contribution in [3.63, 3.8) is 0 Å². The lowest BCUT2D eigenvalue weighted by Gasteiger charge is -2.21. The number of benzene rings is 2. The summed E-state index contributed by atoms with van der Waals surface area (Å²) in [6.07, 6.45) is 7.17. The van der Waals surface area contributed by atoms with Crippen LogP contribution in [-0.2, 0) is 6.42 Å². The van der Waals surface area contributed by atoms with E-state index in [9.17, 15) is 4.79 Å². The van der Waals surface area contributed by atoms with Gasteiger partial charge in [-0.15, -0.1) is 0 Å². The fourth-order valence-electron chi connectivity index (χ4n) is 3.80. The predicted octanol–water partition coefficient (Wildman–Crippen LogP) is 4.46. The maximum Gasteiger partial charge on any atom is 0.251 e. The van der Waals surface area contributed by atoms with Crippen molar-refractivity contribution in [2.75, 3.05) is 6.54 Å². The summed E-state index contributed by atoms with van der Waals surface area (Å²) in [5, 5.41) is 3.10. The SMILES string of the molecule is O=C(NCC1CCCCC1)c1ccc2[nH]c(Cc3ccccc3)nc2c1. The van der Waals surface area contributed by atoms with Crippen molar-refractivity contribution in [3.8, 4) is 0 Å². The molecule has 26 heavy (non-hydrogen) atoms. The number of aromatic nitrogens is 2. The minimum absolute atomic E-state index is 0.00471. The summed E-state index contributed by atoms with van der Waals surface area (Å²) in [6.45, 7) is 0.788. The normalized spacial score (nSPS) is 15.2. The number of H-pyrrole nitrogens is 1. The van der Waals surface area contributed by atoms with Crippen LogP contribution in [0, 0.1) is 5.92 Å². The molecule has 1 aliphatic carbocycles. The Hall–Kier alpha value is -2.62. The van der Waals surface area contributed by atoms with Crippen molar-refractivity contribution in [1.82, 2.24) is 15.3 Å². The smallest absolute Gasteiger partial charge is 0.251 e. The van der Waals surface area contributed by atoms with Gasteiger partial charge in [-0.1, -0.05) is 49.6 Å². The molecular formula is C22H25N3O. The van der Waals surface area contributed by atoms with Crippen molar-refractivity contribution >= 4 is 16.9 Å². The van der Waals surface area contributed by atoms with Gasteiger partial charge in [0.05, 0.1) is 11.0 Å². The molecule has 0 unspecified atom stereocenters. The first-order valence-electron chi connectivity index (χ1n) is 9.59. The Morgan fingerprint density at radius 1 is 1.08 bits per heavy atom. The quantitative estimate of drug-likeness (QED) is 0.716. The molecule has 1 aromatic heterocycles. The topological polar surface area (TPSA) is 57.8 Å². The van der Waals surface area contributed by atoms with Crippen LogP contribution < -0.4 is 5.32 Å². The zero-order valence-electron chi connectivity index (χ0n) is 15.0. The molecule has 4 rings (SSSR count). The Morgan fingerprint density at radius 3 is 2.69 bits per heavy atom. The molecule has 3 aromatic rings. The molecule has 0 saturated heterocycles. The van der Waals surface area contributed by atoms with Crippen LogP contribution >= 0.6 is 0 Å². The molecule has 1 heterocycles. The second-order valence-corrected chi connectivity index (χ2v) is 7.29. The number of hydrogen-bond acceptors (Lipinski definition) is 2. The van der Waals surface area contributed by atoms with Gasteiger partial charge in [0.25, 0.3) is 5.91 Å². The average Bonchev–Trinajstić information content (AvgIpc) is 3.09. The van der Waals surface area contributed by atoms with Gasteiger partial charge in [-0.3, -0.25) is 4.79 Å². The van der Waals surface area contributed by atoms with E-state index in [1.54, 1.807) is 0 Å². The Morgan fingerprint density at radius 2 is 1.88 bits per heavy atom. The third kappa shape index (κ3) is 3.96. The van der Waals surface area contributed by atoms with Crippen molar-refractivity contribution in [2.45, 2.75) is 38.5 Å². The molecule has 1 fully saturated rings. The lowest BCUT2D eigenvalue weighted by atomic mass is 9.89. The number of rotatable bonds is 5. The lowest BCUT2D eigenvalue weighted by Crippen LogP contribution is -2.30. The number of fused-ring (bicyclic) bond motifs is 1. The summed E-state index contributed by atoms with van der Waals surface area (Å²) in [6, 6.07) is 16.0. The van der Waals surface area contributed by atoms with Gasteiger partial charge in [0, 0.05) is 18.5 Å². The van der Waals surface area contributed by atoms with Crippen LogP contribution in [0.1, 0.15) is 53.8 Å². The Bertz CT molecular complexity index is 879.